The van der Waals surface area contributed by atoms with Crippen LogP contribution in [0.1, 0.15) is 13.3 Å². The number of alkyl halides is 2. The molecule has 0 unspecified atom stereocenters. The van der Waals surface area contributed by atoms with Gasteiger partial charge in [-0.3, -0.25) is 4.79 Å². The Morgan fingerprint density at radius 1 is 1.60 bits per heavy atom. The average Bonchev–Trinajstić information content (AvgIpc) is 2.65. The molecule has 0 amide bonds. The van der Waals surface area contributed by atoms with Gasteiger partial charge >= 0.3 is 5.97 Å². The Kier molecular flexibility index (Phi) is 2.82. The number of fused-ring (bicyclic) bond motifs is 2. The molecular formula is C9H9Br2NO3. The molecule has 0 N–H and O–H groups in total. The van der Waals surface area contributed by atoms with E-state index in [1.165, 1.54) is 6.92 Å². The normalized spacial score (nSPS) is 47.6. The summed E-state index contributed by atoms with van der Waals surface area (Å²) < 4.78 is 10.7. The van der Waals surface area contributed by atoms with Gasteiger partial charge in [-0.05, 0) is 0 Å². The monoisotopic (exact) mass is 337 g/mol. The molecule has 82 valence electrons. The van der Waals surface area contributed by atoms with E-state index in [4.69, 9.17) is 14.7 Å². The van der Waals surface area contributed by atoms with Crippen molar-refractivity contribution in [1.82, 2.24) is 0 Å². The molecule has 0 aliphatic carbocycles. The van der Waals surface area contributed by atoms with E-state index in [0.29, 0.717) is 6.42 Å². The van der Waals surface area contributed by atoms with Gasteiger partial charge in [-0.1, -0.05) is 31.9 Å². The molecule has 2 rings (SSSR count). The van der Waals surface area contributed by atoms with Crippen molar-refractivity contribution in [3.63, 3.8) is 0 Å². The Morgan fingerprint density at radius 3 is 2.67 bits per heavy atom. The van der Waals surface area contributed by atoms with Gasteiger partial charge < -0.3 is 9.47 Å². The Morgan fingerprint density at radius 2 is 2.27 bits per heavy atom. The van der Waals surface area contributed by atoms with Gasteiger partial charge in [0.2, 0.25) is 5.60 Å². The van der Waals surface area contributed by atoms with Gasteiger partial charge in [0.05, 0.1) is 15.8 Å². The summed E-state index contributed by atoms with van der Waals surface area (Å²) in [4.78, 5) is 11.1. The van der Waals surface area contributed by atoms with Gasteiger partial charge in [0.1, 0.15) is 12.2 Å². The van der Waals surface area contributed by atoms with Gasteiger partial charge in [0.15, 0.2) is 0 Å². The summed E-state index contributed by atoms with van der Waals surface area (Å²) >= 11 is 6.94. The molecule has 2 fully saturated rings. The molecule has 2 aliphatic rings. The van der Waals surface area contributed by atoms with Crippen molar-refractivity contribution in [2.75, 3.05) is 0 Å². The van der Waals surface area contributed by atoms with Crippen molar-refractivity contribution in [3.05, 3.63) is 0 Å². The number of carbonyl (C=O) groups excluding carboxylic acids is 1. The van der Waals surface area contributed by atoms with E-state index in [1.807, 2.05) is 0 Å². The van der Waals surface area contributed by atoms with Crippen LogP contribution in [0.4, 0.5) is 0 Å². The molecule has 15 heavy (non-hydrogen) atoms. The molecule has 5 atom stereocenters. The highest BCUT2D eigenvalue weighted by Gasteiger charge is 2.63. The Balaban J connectivity index is 2.25. The van der Waals surface area contributed by atoms with E-state index >= 15 is 0 Å². The fourth-order valence-corrected chi connectivity index (χ4v) is 3.62. The molecule has 0 saturated carbocycles. The van der Waals surface area contributed by atoms with Gasteiger partial charge in [-0.2, -0.15) is 5.26 Å². The third-order valence-corrected chi connectivity index (χ3v) is 5.67. The minimum atomic E-state index is -1.12. The highest BCUT2D eigenvalue weighted by molar-refractivity contribution is 9.12. The lowest BCUT2D eigenvalue weighted by Crippen LogP contribution is -2.50. The smallest absolute Gasteiger partial charge is 0.304 e. The Hall–Kier alpha value is -0.120. The maximum Gasteiger partial charge on any atom is 0.304 e. The number of ether oxygens (including phenoxy) is 2. The van der Waals surface area contributed by atoms with E-state index in [9.17, 15) is 4.79 Å². The van der Waals surface area contributed by atoms with Crippen LogP contribution in [0.25, 0.3) is 0 Å². The van der Waals surface area contributed by atoms with Crippen LogP contribution in [0.5, 0.6) is 0 Å². The summed E-state index contributed by atoms with van der Waals surface area (Å²) in [6.45, 7) is 1.31. The average molecular weight is 339 g/mol. The molecule has 4 nitrogen and oxygen atoms in total. The number of hydrogen-bond donors (Lipinski definition) is 0. The number of esters is 1. The van der Waals surface area contributed by atoms with E-state index in [2.05, 4.69) is 37.9 Å². The first-order valence-corrected chi connectivity index (χ1v) is 6.38. The van der Waals surface area contributed by atoms with E-state index in [0.717, 1.165) is 0 Å². The molecule has 0 spiro atoms. The van der Waals surface area contributed by atoms with Crippen LogP contribution in [-0.4, -0.2) is 33.4 Å². The highest BCUT2D eigenvalue weighted by atomic mass is 79.9. The maximum atomic E-state index is 11.0. The zero-order chi connectivity index (χ0) is 11.2. The molecular weight excluding hydrogens is 330 g/mol. The van der Waals surface area contributed by atoms with Gasteiger partial charge in [-0.15, -0.1) is 0 Å². The van der Waals surface area contributed by atoms with Crippen LogP contribution < -0.4 is 0 Å². The molecule has 6 heteroatoms. The van der Waals surface area contributed by atoms with Crippen LogP contribution in [0, 0.1) is 11.3 Å². The lowest BCUT2D eigenvalue weighted by molar-refractivity contribution is -0.155. The van der Waals surface area contributed by atoms with Gasteiger partial charge in [-0.25, -0.2) is 0 Å². The second-order valence-corrected chi connectivity index (χ2v) is 5.90. The number of halogens is 2. The number of rotatable bonds is 1. The number of nitriles is 1. The zero-order valence-electron chi connectivity index (χ0n) is 7.94. The largest absolute Gasteiger partial charge is 0.441 e. The first-order valence-electron chi connectivity index (χ1n) is 4.54. The summed E-state index contributed by atoms with van der Waals surface area (Å²) in [5.74, 6) is -0.446. The molecule has 2 heterocycles. The highest BCUT2D eigenvalue weighted by Crippen LogP contribution is 2.49. The lowest BCUT2D eigenvalue weighted by Gasteiger charge is -2.32. The summed E-state index contributed by atoms with van der Waals surface area (Å²) in [7, 11) is 0. The predicted molar refractivity (Wildman–Crippen MR) is 58.8 cm³/mol. The summed E-state index contributed by atoms with van der Waals surface area (Å²) in [5, 5.41) is 9.15. The molecule has 2 bridgehead atoms. The van der Waals surface area contributed by atoms with Crippen LogP contribution in [-0.2, 0) is 14.3 Å². The molecule has 0 aromatic carbocycles. The van der Waals surface area contributed by atoms with Crippen molar-refractivity contribution < 1.29 is 14.3 Å². The summed E-state index contributed by atoms with van der Waals surface area (Å²) in [6.07, 6.45) is -0.0228. The van der Waals surface area contributed by atoms with Crippen LogP contribution in [0.15, 0.2) is 0 Å². The SMILES string of the molecule is CC(=O)O[C@@]1(C#N)C[C@@H]2O[C@H]1[C@@H](Br)[C@H]2Br. The molecule has 0 radical (unpaired) electrons. The van der Waals surface area contributed by atoms with Crippen molar-refractivity contribution >= 4 is 37.8 Å². The third kappa shape index (κ3) is 1.61. The van der Waals surface area contributed by atoms with Crippen LogP contribution in [0.3, 0.4) is 0 Å². The number of hydrogen-bond acceptors (Lipinski definition) is 4. The van der Waals surface area contributed by atoms with Crippen LogP contribution in [0.2, 0.25) is 0 Å². The third-order valence-electron chi connectivity index (χ3n) is 2.75. The number of nitrogens with zero attached hydrogens (tertiary/aromatic N) is 1. The fourth-order valence-electron chi connectivity index (χ4n) is 2.14. The molecule has 2 aliphatic heterocycles. The quantitative estimate of drug-likeness (QED) is 0.537. The van der Waals surface area contributed by atoms with E-state index in [1.54, 1.807) is 0 Å². The minimum absolute atomic E-state index is 0.00440. The Labute approximate surface area is 104 Å². The van der Waals surface area contributed by atoms with E-state index in [-0.39, 0.29) is 21.9 Å². The second kappa shape index (κ2) is 3.72. The first-order chi connectivity index (χ1) is 7.00. The standard InChI is InChI=1S/C9H9Br2NO3/c1-4(13)15-9(3-12)2-5-6(10)7(11)8(9)14-5/h5-8H,2H2,1H3/t5-,6-,7-,8-,9+/m0/s1. The second-order valence-electron chi connectivity index (χ2n) is 3.78. The number of carbonyl (C=O) groups is 1. The van der Waals surface area contributed by atoms with Crippen LogP contribution >= 0.6 is 31.9 Å². The summed E-state index contributed by atoms with van der Waals surface area (Å²) in [5.41, 5.74) is -1.12. The topological polar surface area (TPSA) is 59.3 Å². The van der Waals surface area contributed by atoms with Gasteiger partial charge in [0, 0.05) is 13.3 Å². The van der Waals surface area contributed by atoms with E-state index < -0.39 is 11.6 Å². The van der Waals surface area contributed by atoms with Crippen molar-refractivity contribution in [2.45, 2.75) is 40.8 Å². The molecule has 0 aromatic rings. The minimum Gasteiger partial charge on any atom is -0.441 e. The predicted octanol–water partition coefficient (Wildman–Crippen LogP) is 1.51. The summed E-state index contributed by atoms with van der Waals surface area (Å²) in [6, 6.07) is 2.07. The first kappa shape index (κ1) is 11.4. The lowest BCUT2D eigenvalue weighted by atomic mass is 9.85. The van der Waals surface area contributed by atoms with Crippen molar-refractivity contribution in [3.8, 4) is 6.07 Å². The molecule has 2 saturated heterocycles. The van der Waals surface area contributed by atoms with Gasteiger partial charge in [0.25, 0.3) is 0 Å². The van der Waals surface area contributed by atoms with Crippen molar-refractivity contribution in [2.24, 2.45) is 0 Å². The fraction of sp³-hybridized carbons (Fsp3) is 0.778. The Bertz CT molecular complexity index is 341. The molecule has 0 aromatic heterocycles. The zero-order valence-corrected chi connectivity index (χ0v) is 11.1. The maximum absolute atomic E-state index is 11.0. The van der Waals surface area contributed by atoms with Crippen molar-refractivity contribution in [1.29, 1.82) is 5.26 Å².